The lowest BCUT2D eigenvalue weighted by Crippen LogP contribution is -2.37. The van der Waals surface area contributed by atoms with E-state index in [1.165, 1.54) is 18.4 Å². The van der Waals surface area contributed by atoms with Crippen molar-refractivity contribution in [2.75, 3.05) is 6.54 Å². The van der Waals surface area contributed by atoms with Gasteiger partial charge in [-0.2, -0.15) is 0 Å². The molecule has 2 aromatic carbocycles. The molecular formula is C30H33N3. The maximum Gasteiger partial charge on any atom is 0.149 e. The summed E-state index contributed by atoms with van der Waals surface area (Å²) in [4.78, 5) is 2.46. The largest absolute Gasteiger partial charge is 0.352 e. The molecule has 0 bridgehead atoms. The van der Waals surface area contributed by atoms with Gasteiger partial charge in [-0.15, -0.1) is 5.10 Å². The van der Waals surface area contributed by atoms with Crippen LogP contribution in [-0.2, 0) is 6.42 Å². The van der Waals surface area contributed by atoms with Gasteiger partial charge < -0.3 is 4.90 Å². The average molecular weight is 436 g/mol. The van der Waals surface area contributed by atoms with Crippen LogP contribution in [0.15, 0.2) is 108 Å². The predicted octanol–water partition coefficient (Wildman–Crippen LogP) is 7.04. The summed E-state index contributed by atoms with van der Waals surface area (Å²) in [5.74, 6) is 1.01. The van der Waals surface area contributed by atoms with Crippen molar-refractivity contribution in [1.82, 2.24) is 9.91 Å². The van der Waals surface area contributed by atoms with Gasteiger partial charge in [0, 0.05) is 12.6 Å². The van der Waals surface area contributed by atoms with Crippen LogP contribution in [0.25, 0.3) is 12.2 Å². The van der Waals surface area contributed by atoms with E-state index in [1.54, 1.807) is 0 Å². The molecule has 0 spiro atoms. The monoisotopic (exact) mass is 435 g/mol. The standard InChI is InChI=1S/C30H33N3/c1-5-26-14-10-11-15-27(26)22-23(3)29(6-2)33-24(4)16-19-30(31-33)32(28-17-18-28)21-20-25-12-8-7-9-13-25/h5-16,19,22,28H,1,4,17-18,20-21H2,2-3H3/b23-22+,29-6-. The topological polar surface area (TPSA) is 18.8 Å². The molecule has 1 fully saturated rings. The zero-order valence-electron chi connectivity index (χ0n) is 19.7. The van der Waals surface area contributed by atoms with Crippen LogP contribution in [0.2, 0.25) is 0 Å². The molecule has 33 heavy (non-hydrogen) atoms. The quantitative estimate of drug-likeness (QED) is 0.414. The molecule has 168 valence electrons. The van der Waals surface area contributed by atoms with Crippen LogP contribution >= 0.6 is 0 Å². The molecule has 1 saturated carbocycles. The summed E-state index contributed by atoms with van der Waals surface area (Å²) in [5.41, 5.74) is 6.67. The van der Waals surface area contributed by atoms with Crippen molar-refractivity contribution >= 4 is 18.0 Å². The van der Waals surface area contributed by atoms with E-state index in [1.807, 2.05) is 17.2 Å². The number of hydrogen-bond acceptors (Lipinski definition) is 3. The van der Waals surface area contributed by atoms with E-state index >= 15 is 0 Å². The second-order valence-electron chi connectivity index (χ2n) is 8.59. The molecule has 0 atom stereocenters. The fourth-order valence-electron chi connectivity index (χ4n) is 4.22. The van der Waals surface area contributed by atoms with E-state index in [-0.39, 0.29) is 0 Å². The minimum Gasteiger partial charge on any atom is -0.352 e. The van der Waals surface area contributed by atoms with Gasteiger partial charge in [-0.3, -0.25) is 0 Å². The van der Waals surface area contributed by atoms with Crippen LogP contribution in [-0.4, -0.2) is 28.3 Å². The Labute approximate surface area is 198 Å². The molecule has 4 rings (SSSR count). The van der Waals surface area contributed by atoms with Gasteiger partial charge in [0.25, 0.3) is 0 Å². The number of hydrazone groups is 1. The molecule has 0 radical (unpaired) electrons. The van der Waals surface area contributed by atoms with Gasteiger partial charge in [-0.05, 0) is 73.6 Å². The Bertz CT molecular complexity index is 1130. The van der Waals surface area contributed by atoms with E-state index in [0.29, 0.717) is 6.04 Å². The highest BCUT2D eigenvalue weighted by molar-refractivity contribution is 5.94. The number of hydrogen-bond donors (Lipinski definition) is 0. The summed E-state index contributed by atoms with van der Waals surface area (Å²) in [6.07, 6.45) is 13.9. The van der Waals surface area contributed by atoms with Crippen LogP contribution in [0.1, 0.15) is 43.4 Å². The van der Waals surface area contributed by atoms with E-state index in [9.17, 15) is 0 Å². The molecule has 0 unspecified atom stereocenters. The fourth-order valence-corrected chi connectivity index (χ4v) is 4.22. The normalized spacial score (nSPS) is 16.6. The number of allylic oxidation sites excluding steroid dienone is 3. The van der Waals surface area contributed by atoms with Crippen LogP contribution in [0.3, 0.4) is 0 Å². The second kappa shape index (κ2) is 10.4. The number of benzene rings is 2. The zero-order chi connectivity index (χ0) is 23.2. The van der Waals surface area contributed by atoms with Crippen molar-refractivity contribution in [3.05, 3.63) is 120 Å². The van der Waals surface area contributed by atoms with E-state index < -0.39 is 0 Å². The number of nitrogens with zero attached hydrogens (tertiary/aromatic N) is 3. The smallest absolute Gasteiger partial charge is 0.149 e. The molecular weight excluding hydrogens is 402 g/mol. The minimum absolute atomic E-state index is 0.579. The SMILES string of the molecule is C=Cc1ccccc1/C=C(C)/C(=C/C)N1N=C(N(CCc2ccccc2)C2CC2)C=CC1=C. The maximum absolute atomic E-state index is 5.07. The lowest BCUT2D eigenvalue weighted by molar-refractivity contribution is 0.388. The lowest BCUT2D eigenvalue weighted by atomic mass is 10.0. The summed E-state index contributed by atoms with van der Waals surface area (Å²) in [6.45, 7) is 13.4. The third-order valence-corrected chi connectivity index (χ3v) is 6.16. The highest BCUT2D eigenvalue weighted by Crippen LogP contribution is 2.31. The molecule has 0 N–H and O–H groups in total. The molecule has 1 aliphatic heterocycles. The van der Waals surface area contributed by atoms with E-state index in [4.69, 9.17) is 5.10 Å². The molecule has 1 aliphatic carbocycles. The van der Waals surface area contributed by atoms with Crippen LogP contribution in [0.4, 0.5) is 0 Å². The van der Waals surface area contributed by atoms with Crippen molar-refractivity contribution in [3.63, 3.8) is 0 Å². The Morgan fingerprint density at radius 2 is 1.76 bits per heavy atom. The summed E-state index contributed by atoms with van der Waals surface area (Å²) < 4.78 is 0. The van der Waals surface area contributed by atoms with Crippen molar-refractivity contribution in [1.29, 1.82) is 0 Å². The summed E-state index contributed by atoms with van der Waals surface area (Å²) in [6, 6.07) is 19.6. The Balaban J connectivity index is 1.58. The minimum atomic E-state index is 0.579. The van der Waals surface area contributed by atoms with Crippen LogP contribution in [0, 0.1) is 0 Å². The molecule has 0 amide bonds. The summed E-state index contributed by atoms with van der Waals surface area (Å²) in [5, 5.41) is 7.06. The maximum atomic E-state index is 5.07. The first kappa shape index (κ1) is 22.6. The highest BCUT2D eigenvalue weighted by Gasteiger charge is 2.32. The van der Waals surface area contributed by atoms with Gasteiger partial charge in [0.1, 0.15) is 5.84 Å². The molecule has 3 heteroatoms. The van der Waals surface area contributed by atoms with Gasteiger partial charge in [-0.1, -0.05) is 79.9 Å². The Morgan fingerprint density at radius 3 is 2.42 bits per heavy atom. The third-order valence-electron chi connectivity index (χ3n) is 6.16. The molecule has 0 aromatic heterocycles. The van der Waals surface area contributed by atoms with Gasteiger partial charge >= 0.3 is 0 Å². The van der Waals surface area contributed by atoms with Crippen LogP contribution < -0.4 is 0 Å². The van der Waals surface area contributed by atoms with Crippen molar-refractivity contribution in [2.24, 2.45) is 5.10 Å². The molecule has 2 aromatic rings. The molecule has 0 saturated heterocycles. The van der Waals surface area contributed by atoms with Crippen molar-refractivity contribution in [3.8, 4) is 0 Å². The molecule has 2 aliphatic rings. The third kappa shape index (κ3) is 5.43. The average Bonchev–Trinajstić information content (AvgIpc) is 3.68. The van der Waals surface area contributed by atoms with Crippen molar-refractivity contribution in [2.45, 2.75) is 39.2 Å². The summed E-state index contributed by atoms with van der Waals surface area (Å²) >= 11 is 0. The first-order chi connectivity index (χ1) is 16.1. The van der Waals surface area contributed by atoms with Gasteiger partial charge in [-0.25, -0.2) is 5.01 Å². The van der Waals surface area contributed by atoms with Crippen LogP contribution in [0.5, 0.6) is 0 Å². The zero-order valence-corrected chi connectivity index (χ0v) is 19.7. The number of amidine groups is 1. The Kier molecular flexibility index (Phi) is 7.09. The van der Waals surface area contributed by atoms with Crippen molar-refractivity contribution < 1.29 is 0 Å². The van der Waals surface area contributed by atoms with E-state index in [0.717, 1.165) is 46.9 Å². The first-order valence-corrected chi connectivity index (χ1v) is 11.7. The van der Waals surface area contributed by atoms with E-state index in [2.05, 4.69) is 105 Å². The van der Waals surface area contributed by atoms with Gasteiger partial charge in [0.2, 0.25) is 0 Å². The van der Waals surface area contributed by atoms with Gasteiger partial charge in [0.15, 0.2) is 0 Å². The fraction of sp³-hybridized carbons (Fsp3) is 0.233. The lowest BCUT2D eigenvalue weighted by Gasteiger charge is -2.32. The summed E-state index contributed by atoms with van der Waals surface area (Å²) in [7, 11) is 0. The van der Waals surface area contributed by atoms with Gasteiger partial charge in [0.05, 0.1) is 11.4 Å². The number of rotatable bonds is 8. The second-order valence-corrected chi connectivity index (χ2v) is 8.59. The molecule has 3 nitrogen and oxygen atoms in total. The highest BCUT2D eigenvalue weighted by atomic mass is 15.5. The molecule has 1 heterocycles. The Morgan fingerprint density at radius 1 is 1.06 bits per heavy atom. The predicted molar refractivity (Wildman–Crippen MR) is 141 cm³/mol. The Hall–Kier alpha value is -3.59. The first-order valence-electron chi connectivity index (χ1n) is 11.7.